The molecule has 0 radical (unpaired) electrons. The molecule has 0 unspecified atom stereocenters. The molecule has 0 saturated carbocycles. The maximum absolute atomic E-state index is 6.21. The van der Waals surface area contributed by atoms with Crippen LogP contribution in [0.2, 0.25) is 5.15 Å². The van der Waals surface area contributed by atoms with Crippen molar-refractivity contribution in [2.45, 2.75) is 38.2 Å². The molecule has 6 heteroatoms. The molecule has 1 saturated heterocycles. The standard InChI is InChI=1S/C13H18BrClN2O2/c1-3-4-9-10(14)11(15)17-12(16-9)13(18-2)5-7-19-8-6-13/h3-8H2,1-2H3. The minimum Gasteiger partial charge on any atom is -0.381 e. The first-order valence-electron chi connectivity index (χ1n) is 6.48. The molecule has 1 aliphatic rings. The Labute approximate surface area is 127 Å². The van der Waals surface area contributed by atoms with Gasteiger partial charge in [0.25, 0.3) is 0 Å². The van der Waals surface area contributed by atoms with Crippen molar-refractivity contribution in [3.63, 3.8) is 0 Å². The molecular weight excluding hydrogens is 332 g/mol. The Bertz CT molecular complexity index is 451. The third-order valence-electron chi connectivity index (χ3n) is 3.46. The second-order valence-corrected chi connectivity index (χ2v) is 5.81. The van der Waals surface area contributed by atoms with E-state index < -0.39 is 5.60 Å². The molecule has 0 N–H and O–H groups in total. The van der Waals surface area contributed by atoms with E-state index in [2.05, 4.69) is 32.8 Å². The third kappa shape index (κ3) is 3.10. The van der Waals surface area contributed by atoms with E-state index in [0.29, 0.717) is 24.2 Å². The lowest BCUT2D eigenvalue weighted by Crippen LogP contribution is -2.37. The van der Waals surface area contributed by atoms with Crippen LogP contribution in [0.1, 0.15) is 37.7 Å². The first-order valence-corrected chi connectivity index (χ1v) is 7.65. The Morgan fingerprint density at radius 1 is 1.37 bits per heavy atom. The van der Waals surface area contributed by atoms with E-state index in [9.17, 15) is 0 Å². The van der Waals surface area contributed by atoms with Crippen LogP contribution in [0.3, 0.4) is 0 Å². The topological polar surface area (TPSA) is 44.2 Å². The molecule has 1 fully saturated rings. The SMILES string of the molecule is CCCc1nc(C2(OC)CCOCC2)nc(Cl)c1Br. The fourth-order valence-electron chi connectivity index (χ4n) is 2.29. The number of rotatable bonds is 4. The molecule has 1 aliphatic heterocycles. The first-order chi connectivity index (χ1) is 9.13. The Morgan fingerprint density at radius 3 is 2.63 bits per heavy atom. The minimum atomic E-state index is -0.467. The number of aromatic nitrogens is 2. The van der Waals surface area contributed by atoms with Crippen LogP contribution in [-0.2, 0) is 21.5 Å². The fourth-order valence-corrected chi connectivity index (χ4v) is 2.85. The van der Waals surface area contributed by atoms with Gasteiger partial charge in [0.15, 0.2) is 5.82 Å². The molecule has 0 aliphatic carbocycles. The van der Waals surface area contributed by atoms with E-state index in [1.165, 1.54) is 0 Å². The summed E-state index contributed by atoms with van der Waals surface area (Å²) in [5, 5.41) is 0.455. The zero-order chi connectivity index (χ0) is 13.9. The van der Waals surface area contributed by atoms with Crippen molar-refractivity contribution in [2.75, 3.05) is 20.3 Å². The van der Waals surface area contributed by atoms with Crippen molar-refractivity contribution >= 4 is 27.5 Å². The third-order valence-corrected chi connectivity index (χ3v) is 4.80. The second-order valence-electron chi connectivity index (χ2n) is 4.66. The highest BCUT2D eigenvalue weighted by Gasteiger charge is 2.38. The van der Waals surface area contributed by atoms with Gasteiger partial charge in [-0.3, -0.25) is 0 Å². The first kappa shape index (κ1) is 15.2. The maximum atomic E-state index is 6.21. The Morgan fingerprint density at radius 2 is 2.05 bits per heavy atom. The molecule has 2 rings (SSSR count). The number of halogens is 2. The molecule has 0 atom stereocenters. The van der Waals surface area contributed by atoms with Gasteiger partial charge in [-0.15, -0.1) is 0 Å². The van der Waals surface area contributed by atoms with Crippen molar-refractivity contribution in [2.24, 2.45) is 0 Å². The smallest absolute Gasteiger partial charge is 0.162 e. The summed E-state index contributed by atoms with van der Waals surface area (Å²) in [6.45, 7) is 3.44. The highest BCUT2D eigenvalue weighted by atomic mass is 79.9. The van der Waals surface area contributed by atoms with Crippen LogP contribution >= 0.6 is 27.5 Å². The number of hydrogen-bond donors (Lipinski definition) is 0. The van der Waals surface area contributed by atoms with Gasteiger partial charge < -0.3 is 9.47 Å². The number of aryl methyl sites for hydroxylation is 1. The molecule has 19 heavy (non-hydrogen) atoms. The maximum Gasteiger partial charge on any atom is 0.162 e. The van der Waals surface area contributed by atoms with Crippen molar-refractivity contribution in [3.8, 4) is 0 Å². The van der Waals surface area contributed by atoms with Gasteiger partial charge in [-0.05, 0) is 22.4 Å². The van der Waals surface area contributed by atoms with E-state index >= 15 is 0 Å². The van der Waals surface area contributed by atoms with Crippen LogP contribution in [-0.4, -0.2) is 30.3 Å². The highest BCUT2D eigenvalue weighted by Crippen LogP contribution is 2.36. The van der Waals surface area contributed by atoms with E-state index in [0.717, 1.165) is 35.8 Å². The summed E-state index contributed by atoms with van der Waals surface area (Å²) in [5.41, 5.74) is 0.478. The molecule has 2 heterocycles. The predicted molar refractivity (Wildman–Crippen MR) is 77.5 cm³/mol. The molecule has 0 amide bonds. The van der Waals surface area contributed by atoms with Crippen LogP contribution in [0.15, 0.2) is 4.47 Å². The van der Waals surface area contributed by atoms with Gasteiger partial charge in [0.2, 0.25) is 0 Å². The summed E-state index contributed by atoms with van der Waals surface area (Å²) in [7, 11) is 1.70. The van der Waals surface area contributed by atoms with Crippen molar-refractivity contribution in [1.29, 1.82) is 0 Å². The summed E-state index contributed by atoms with van der Waals surface area (Å²) in [6, 6.07) is 0. The van der Waals surface area contributed by atoms with Gasteiger partial charge in [-0.2, -0.15) is 0 Å². The van der Waals surface area contributed by atoms with Gasteiger partial charge in [-0.25, -0.2) is 9.97 Å². The van der Waals surface area contributed by atoms with Crippen LogP contribution in [0.25, 0.3) is 0 Å². The number of nitrogens with zero attached hydrogens (tertiary/aromatic N) is 2. The zero-order valence-electron chi connectivity index (χ0n) is 11.2. The number of methoxy groups -OCH3 is 1. The summed E-state index contributed by atoms with van der Waals surface area (Å²) in [5.74, 6) is 0.676. The monoisotopic (exact) mass is 348 g/mol. The average molecular weight is 350 g/mol. The van der Waals surface area contributed by atoms with Crippen LogP contribution < -0.4 is 0 Å². The zero-order valence-corrected chi connectivity index (χ0v) is 13.6. The fraction of sp³-hybridized carbons (Fsp3) is 0.692. The van der Waals surface area contributed by atoms with Crippen molar-refractivity contribution in [3.05, 3.63) is 21.1 Å². The molecule has 0 spiro atoms. The van der Waals surface area contributed by atoms with E-state index in [4.69, 9.17) is 21.1 Å². The Kier molecular flexibility index (Phi) is 5.17. The van der Waals surface area contributed by atoms with Gasteiger partial charge in [-0.1, -0.05) is 24.9 Å². The summed E-state index contributed by atoms with van der Waals surface area (Å²) in [4.78, 5) is 9.08. The molecular formula is C13H18BrClN2O2. The van der Waals surface area contributed by atoms with E-state index in [1.807, 2.05) is 0 Å². The number of ether oxygens (including phenoxy) is 2. The lowest BCUT2D eigenvalue weighted by molar-refractivity contribution is -0.100. The van der Waals surface area contributed by atoms with Gasteiger partial charge >= 0.3 is 0 Å². The van der Waals surface area contributed by atoms with Crippen molar-refractivity contribution in [1.82, 2.24) is 9.97 Å². The second kappa shape index (κ2) is 6.48. The molecule has 1 aromatic heterocycles. The average Bonchev–Trinajstić information content (AvgIpc) is 2.44. The summed E-state index contributed by atoms with van der Waals surface area (Å²) >= 11 is 9.66. The lowest BCUT2D eigenvalue weighted by atomic mass is 9.93. The molecule has 1 aromatic rings. The Hall–Kier alpha value is -0.230. The van der Waals surface area contributed by atoms with E-state index in [-0.39, 0.29) is 0 Å². The summed E-state index contributed by atoms with van der Waals surface area (Å²) < 4.78 is 11.9. The van der Waals surface area contributed by atoms with Gasteiger partial charge in [0.05, 0.1) is 10.2 Å². The molecule has 0 bridgehead atoms. The van der Waals surface area contributed by atoms with Gasteiger partial charge in [0, 0.05) is 33.2 Å². The molecule has 106 valence electrons. The molecule has 0 aromatic carbocycles. The summed E-state index contributed by atoms with van der Waals surface area (Å²) in [6.07, 6.45) is 3.39. The normalized spacial score (nSPS) is 18.5. The van der Waals surface area contributed by atoms with Crippen LogP contribution in [0.5, 0.6) is 0 Å². The Balaban J connectivity index is 2.42. The predicted octanol–water partition coefficient (Wildman–Crippen LogP) is 3.50. The molecule has 4 nitrogen and oxygen atoms in total. The highest BCUT2D eigenvalue weighted by molar-refractivity contribution is 9.10. The number of hydrogen-bond acceptors (Lipinski definition) is 4. The van der Waals surface area contributed by atoms with Crippen LogP contribution in [0, 0.1) is 0 Å². The van der Waals surface area contributed by atoms with Crippen LogP contribution in [0.4, 0.5) is 0 Å². The largest absolute Gasteiger partial charge is 0.381 e. The van der Waals surface area contributed by atoms with Gasteiger partial charge in [0.1, 0.15) is 10.8 Å². The minimum absolute atomic E-state index is 0.455. The van der Waals surface area contributed by atoms with Crippen molar-refractivity contribution < 1.29 is 9.47 Å². The lowest BCUT2D eigenvalue weighted by Gasteiger charge is -2.34. The quantitative estimate of drug-likeness (QED) is 0.780. The van der Waals surface area contributed by atoms with E-state index in [1.54, 1.807) is 7.11 Å².